The van der Waals surface area contributed by atoms with Gasteiger partial charge in [0.1, 0.15) is 5.75 Å². The Labute approximate surface area is 335 Å². The van der Waals surface area contributed by atoms with Gasteiger partial charge in [0.05, 0.1) is 68.1 Å². The third kappa shape index (κ3) is 5.81. The number of nitrogens with zero attached hydrogens (tertiary/aromatic N) is 5. The van der Waals surface area contributed by atoms with Crippen LogP contribution in [-0.4, -0.2) is 58.5 Å². The second kappa shape index (κ2) is 14.3. The number of hydrogen-bond donors (Lipinski definition) is 1. The molecule has 4 atom stereocenters. The van der Waals surface area contributed by atoms with Gasteiger partial charge in [-0.15, -0.1) is 0 Å². The summed E-state index contributed by atoms with van der Waals surface area (Å²) in [6.45, 7) is 6.83. The van der Waals surface area contributed by atoms with Crippen molar-refractivity contribution in [3.63, 3.8) is 0 Å². The van der Waals surface area contributed by atoms with Gasteiger partial charge in [-0.1, -0.05) is 85.9 Å². The third-order valence-electron chi connectivity index (χ3n) is 12.4. The molecule has 0 aliphatic carbocycles. The minimum Gasteiger partial charge on any atom is -0.497 e. The third-order valence-corrected chi connectivity index (χ3v) is 16.8. The van der Waals surface area contributed by atoms with Gasteiger partial charge >= 0.3 is 0 Å². The molecule has 0 bridgehead atoms. The van der Waals surface area contributed by atoms with Crippen LogP contribution < -0.4 is 25.9 Å². The van der Waals surface area contributed by atoms with Gasteiger partial charge in [-0.25, -0.2) is 0 Å². The van der Waals surface area contributed by atoms with Crippen molar-refractivity contribution in [3.05, 3.63) is 159 Å². The summed E-state index contributed by atoms with van der Waals surface area (Å²) in [5.41, 5.74) is 1.35. The number of carbonyl (C=O) groups is 1. The summed E-state index contributed by atoms with van der Waals surface area (Å²) >= 11 is 0. The Morgan fingerprint density at radius 2 is 1.36 bits per heavy atom. The number of anilines is 1. The number of methoxy groups -OCH3 is 1. The lowest BCUT2D eigenvalue weighted by molar-refractivity contribution is -0.146. The largest absolute Gasteiger partial charge is 0.497 e. The molecule has 58 heavy (non-hydrogen) atoms. The van der Waals surface area contributed by atoms with Gasteiger partial charge in [-0.2, -0.15) is 19.6 Å². The Bertz CT molecular complexity index is 2840. The van der Waals surface area contributed by atoms with Crippen molar-refractivity contribution in [1.29, 1.82) is 0 Å². The molecule has 12 heteroatoms. The van der Waals surface area contributed by atoms with E-state index in [-0.39, 0.29) is 41.6 Å². The first-order valence-corrected chi connectivity index (χ1v) is 22.6. The summed E-state index contributed by atoms with van der Waals surface area (Å²) in [4.78, 5) is 44.3. The molecule has 292 valence electrons. The average Bonchev–Trinajstić information content (AvgIpc) is 3.67. The number of aliphatic hydroxyl groups excluding tert-OH is 1. The highest BCUT2D eigenvalue weighted by molar-refractivity contribution is 6.91. The number of carbonyl (C=O) groups excluding carboxylic acids is 1. The molecule has 2 aromatic heterocycles. The fraction of sp³-hybridized carbons (Fsp3) is 0.239. The molecule has 5 aromatic carbocycles. The molecule has 9 rings (SSSR count). The first kappa shape index (κ1) is 37.4. The van der Waals surface area contributed by atoms with Crippen molar-refractivity contribution in [1.82, 2.24) is 19.6 Å². The molecule has 4 heterocycles. The molecule has 1 saturated heterocycles. The Kier molecular flexibility index (Phi) is 9.22. The highest BCUT2D eigenvalue weighted by atomic mass is 28.3. The van der Waals surface area contributed by atoms with Gasteiger partial charge in [0.15, 0.2) is 5.60 Å². The number of amides is 1. The van der Waals surface area contributed by atoms with Crippen LogP contribution in [0, 0.1) is 5.92 Å². The molecule has 7 aromatic rings. The lowest BCUT2D eigenvalue weighted by Gasteiger charge is -2.37. The van der Waals surface area contributed by atoms with E-state index in [1.807, 2.05) is 91.0 Å². The zero-order valence-corrected chi connectivity index (χ0v) is 33.7. The molecule has 0 saturated carbocycles. The second-order valence-electron chi connectivity index (χ2n) is 15.8. The Balaban J connectivity index is 1.15. The summed E-state index contributed by atoms with van der Waals surface area (Å²) in [6, 6.07) is 35.9. The van der Waals surface area contributed by atoms with Crippen molar-refractivity contribution in [2.24, 2.45) is 5.92 Å². The predicted molar refractivity (Wildman–Crippen MR) is 227 cm³/mol. The molecular formula is C46H43N5O6Si. The van der Waals surface area contributed by atoms with E-state index in [1.54, 1.807) is 36.5 Å². The normalized spacial score (nSPS) is 20.3. The van der Waals surface area contributed by atoms with Gasteiger partial charge in [0.2, 0.25) is 0 Å². The molecule has 1 fully saturated rings. The minimum absolute atomic E-state index is 0.0676. The summed E-state index contributed by atoms with van der Waals surface area (Å²) in [5.74, 6) is 0.253. The SMILES string of the molecule is COc1ccc([Si](C)(C)[C@@H]2[C@@H](CCO)O[C@]3(C(=O)N(Cc4ccc(-n5ncc6ccccc6c5=O)cc4)c4ccc(-n5ncc6ccccc6c5=O)cc43)[C@H]2C)cc1. The number of ether oxygens (including phenoxy) is 2. The first-order valence-electron chi connectivity index (χ1n) is 19.5. The van der Waals surface area contributed by atoms with E-state index >= 15 is 4.79 Å². The van der Waals surface area contributed by atoms with E-state index in [1.165, 1.54) is 14.6 Å². The van der Waals surface area contributed by atoms with E-state index in [0.29, 0.717) is 39.8 Å². The monoisotopic (exact) mass is 789 g/mol. The summed E-state index contributed by atoms with van der Waals surface area (Å²) in [6.07, 6.45) is 3.30. The Hall–Kier alpha value is -6.21. The van der Waals surface area contributed by atoms with Crippen LogP contribution in [-0.2, 0) is 21.7 Å². The first-order chi connectivity index (χ1) is 28.1. The van der Waals surface area contributed by atoms with Gasteiger partial charge in [-0.05, 0) is 72.1 Å². The average molecular weight is 790 g/mol. The van der Waals surface area contributed by atoms with Crippen molar-refractivity contribution >= 4 is 46.4 Å². The predicted octanol–water partition coefficient (Wildman–Crippen LogP) is 6.24. The summed E-state index contributed by atoms with van der Waals surface area (Å²) in [7, 11) is -0.781. The molecule has 1 N–H and O–H groups in total. The van der Waals surface area contributed by atoms with E-state index in [2.05, 4.69) is 42.3 Å². The zero-order chi connectivity index (χ0) is 40.3. The van der Waals surface area contributed by atoms with E-state index in [0.717, 1.165) is 22.1 Å². The lowest BCUT2D eigenvalue weighted by atomic mass is 9.82. The number of aromatic nitrogens is 4. The minimum atomic E-state index is -2.43. The highest BCUT2D eigenvalue weighted by Gasteiger charge is 2.66. The number of rotatable bonds is 9. The smallest absolute Gasteiger partial charge is 0.279 e. The van der Waals surface area contributed by atoms with Crippen LogP contribution in [0.2, 0.25) is 18.6 Å². The maximum absolute atomic E-state index is 15.4. The van der Waals surface area contributed by atoms with E-state index in [9.17, 15) is 14.7 Å². The van der Waals surface area contributed by atoms with Crippen LogP contribution in [0.25, 0.3) is 32.9 Å². The van der Waals surface area contributed by atoms with Crippen LogP contribution in [0.3, 0.4) is 0 Å². The van der Waals surface area contributed by atoms with Gasteiger partial charge in [0.25, 0.3) is 17.0 Å². The van der Waals surface area contributed by atoms with Gasteiger partial charge in [0, 0.05) is 28.9 Å². The molecule has 2 aliphatic rings. The number of fused-ring (bicyclic) bond motifs is 4. The topological polar surface area (TPSA) is 129 Å². The standard InChI is InChI=1S/C46H43N5O6Si/c1-29-42(58(3,4)36-20-18-35(56-2)19-21-36)41(23-24-52)57-46(29)39-25-34(51-44(54)38-12-8-6-10-32(38)27-48-51)17-22-40(39)49(45(46)55)28-30-13-15-33(16-14-30)50-43(53)37-11-7-5-9-31(37)26-47-50/h5-22,25-27,29,41-42,52H,23-24,28H2,1-4H3/t29-,41+,42-,46+/m0/s1. The lowest BCUT2D eigenvalue weighted by Crippen LogP contribution is -2.51. The van der Waals surface area contributed by atoms with Crippen LogP contribution >= 0.6 is 0 Å². The molecule has 0 unspecified atom stereocenters. The van der Waals surface area contributed by atoms with Crippen molar-refractivity contribution in [2.75, 3.05) is 18.6 Å². The maximum Gasteiger partial charge on any atom is 0.279 e. The van der Waals surface area contributed by atoms with Crippen LogP contribution in [0.15, 0.2) is 137 Å². The molecule has 1 spiro atoms. The number of benzene rings is 5. The quantitative estimate of drug-likeness (QED) is 0.171. The Morgan fingerprint density at radius 1 is 0.776 bits per heavy atom. The highest BCUT2D eigenvalue weighted by Crippen LogP contribution is 2.60. The van der Waals surface area contributed by atoms with E-state index < -0.39 is 19.8 Å². The van der Waals surface area contributed by atoms with Crippen molar-refractivity contribution in [2.45, 2.75) is 50.2 Å². The van der Waals surface area contributed by atoms with Crippen LogP contribution in [0.4, 0.5) is 5.69 Å². The Morgan fingerprint density at radius 3 is 1.97 bits per heavy atom. The molecule has 2 aliphatic heterocycles. The molecule has 1 amide bonds. The second-order valence-corrected chi connectivity index (χ2v) is 20.5. The van der Waals surface area contributed by atoms with Crippen LogP contribution in [0.5, 0.6) is 5.75 Å². The summed E-state index contributed by atoms with van der Waals surface area (Å²) < 4.78 is 15.4. The van der Waals surface area contributed by atoms with Crippen molar-refractivity contribution in [3.8, 4) is 17.1 Å². The molecular weight excluding hydrogens is 747 g/mol. The van der Waals surface area contributed by atoms with E-state index in [4.69, 9.17) is 9.47 Å². The molecule has 0 radical (unpaired) electrons. The summed E-state index contributed by atoms with van der Waals surface area (Å²) in [5, 5.41) is 23.2. The molecule has 11 nitrogen and oxygen atoms in total. The fourth-order valence-corrected chi connectivity index (χ4v) is 13.5. The maximum atomic E-state index is 15.4. The van der Waals surface area contributed by atoms with Crippen molar-refractivity contribution < 1.29 is 19.4 Å². The van der Waals surface area contributed by atoms with Gasteiger partial charge in [-0.3, -0.25) is 14.4 Å². The van der Waals surface area contributed by atoms with Crippen LogP contribution in [0.1, 0.15) is 24.5 Å². The fourth-order valence-electron chi connectivity index (χ4n) is 9.46. The zero-order valence-electron chi connectivity index (χ0n) is 32.7. The van der Waals surface area contributed by atoms with Gasteiger partial charge < -0.3 is 19.5 Å². The number of aliphatic hydroxyl groups is 1. The number of hydrogen-bond acceptors (Lipinski definition) is 8.